The molecule has 1 N–H and O–H groups in total. The molecule has 8 heteroatoms. The van der Waals surface area contributed by atoms with E-state index in [2.05, 4.69) is 5.32 Å². The Labute approximate surface area is 245 Å². The number of hydrogen-bond acceptors (Lipinski definition) is 4. The molecule has 0 aliphatic heterocycles. The lowest BCUT2D eigenvalue weighted by Crippen LogP contribution is -2.53. The van der Waals surface area contributed by atoms with Crippen LogP contribution in [-0.4, -0.2) is 43.8 Å². The van der Waals surface area contributed by atoms with Gasteiger partial charge in [-0.25, -0.2) is 8.42 Å². The van der Waals surface area contributed by atoms with Crippen molar-refractivity contribution >= 4 is 27.5 Å². The van der Waals surface area contributed by atoms with Crippen LogP contribution in [0.5, 0.6) is 0 Å². The van der Waals surface area contributed by atoms with Crippen molar-refractivity contribution in [2.45, 2.75) is 84.8 Å². The van der Waals surface area contributed by atoms with Gasteiger partial charge in [0.25, 0.3) is 10.0 Å². The first-order valence-electron chi connectivity index (χ1n) is 14.2. The lowest BCUT2D eigenvalue weighted by molar-refractivity contribution is -0.140. The number of benzene rings is 3. The number of carbonyl (C=O) groups is 2. The van der Waals surface area contributed by atoms with Crippen molar-refractivity contribution in [2.24, 2.45) is 0 Å². The highest BCUT2D eigenvalue weighted by Gasteiger charge is 2.34. The molecular formula is C33H43N3O4S. The van der Waals surface area contributed by atoms with Gasteiger partial charge in [-0.2, -0.15) is 0 Å². The summed E-state index contributed by atoms with van der Waals surface area (Å²) in [6.07, 6.45) is 1.14. The lowest BCUT2D eigenvalue weighted by Gasteiger charge is -2.34. The van der Waals surface area contributed by atoms with Crippen molar-refractivity contribution in [2.75, 3.05) is 10.8 Å². The molecule has 0 aliphatic carbocycles. The van der Waals surface area contributed by atoms with E-state index >= 15 is 0 Å². The van der Waals surface area contributed by atoms with E-state index in [1.807, 2.05) is 84.9 Å². The summed E-state index contributed by atoms with van der Waals surface area (Å²) in [5.41, 5.74) is 4.86. The number of hydrogen-bond donors (Lipinski definition) is 1. The molecule has 0 saturated carbocycles. The summed E-state index contributed by atoms with van der Waals surface area (Å²) < 4.78 is 29.4. The van der Waals surface area contributed by atoms with Crippen LogP contribution in [0, 0.1) is 27.7 Å². The molecule has 0 aromatic heterocycles. The van der Waals surface area contributed by atoms with Crippen LogP contribution in [0.4, 0.5) is 5.69 Å². The minimum atomic E-state index is -4.11. The Balaban J connectivity index is 2.11. The van der Waals surface area contributed by atoms with Crippen molar-refractivity contribution in [1.82, 2.24) is 10.2 Å². The first-order chi connectivity index (χ1) is 19.4. The van der Waals surface area contributed by atoms with Gasteiger partial charge in [0.05, 0.1) is 10.6 Å². The quantitative estimate of drug-likeness (QED) is 0.293. The second kappa shape index (κ2) is 13.8. The van der Waals surface area contributed by atoms with Crippen molar-refractivity contribution < 1.29 is 18.0 Å². The molecule has 0 saturated heterocycles. The molecular weight excluding hydrogens is 534 g/mol. The van der Waals surface area contributed by atoms with Crippen LogP contribution >= 0.6 is 0 Å². The Kier molecular flexibility index (Phi) is 10.7. The number of amides is 2. The summed E-state index contributed by atoms with van der Waals surface area (Å²) >= 11 is 0. The normalized spacial score (nSPS) is 12.9. The van der Waals surface area contributed by atoms with Crippen molar-refractivity contribution in [1.29, 1.82) is 0 Å². The zero-order valence-corrected chi connectivity index (χ0v) is 26.1. The van der Waals surface area contributed by atoms with E-state index in [4.69, 9.17) is 0 Å². The van der Waals surface area contributed by atoms with E-state index in [1.165, 1.54) is 9.21 Å². The van der Waals surface area contributed by atoms with Gasteiger partial charge in [0, 0.05) is 12.6 Å². The lowest BCUT2D eigenvalue weighted by atomic mass is 10.1. The van der Waals surface area contributed by atoms with Gasteiger partial charge in [-0.05, 0) is 87.9 Å². The molecule has 41 heavy (non-hydrogen) atoms. The molecule has 7 nitrogen and oxygen atoms in total. The minimum absolute atomic E-state index is 0.0553. The zero-order chi connectivity index (χ0) is 30.3. The summed E-state index contributed by atoms with van der Waals surface area (Å²) in [6.45, 7) is 13.1. The Hall–Kier alpha value is -3.65. The van der Waals surface area contributed by atoms with Gasteiger partial charge in [0.2, 0.25) is 11.8 Å². The molecule has 0 heterocycles. The molecule has 0 radical (unpaired) electrons. The largest absolute Gasteiger partial charge is 0.352 e. The van der Waals surface area contributed by atoms with Crippen molar-refractivity contribution in [3.05, 3.63) is 94.5 Å². The van der Waals surface area contributed by atoms with Crippen molar-refractivity contribution in [3.63, 3.8) is 0 Å². The Morgan fingerprint density at radius 2 is 1.46 bits per heavy atom. The average Bonchev–Trinajstić information content (AvgIpc) is 2.94. The molecule has 3 aromatic carbocycles. The van der Waals surface area contributed by atoms with Crippen LogP contribution in [0.15, 0.2) is 71.6 Å². The van der Waals surface area contributed by atoms with Gasteiger partial charge >= 0.3 is 0 Å². The number of nitrogens with zero attached hydrogens (tertiary/aromatic N) is 2. The molecule has 0 bridgehead atoms. The van der Waals surface area contributed by atoms with Gasteiger partial charge < -0.3 is 10.2 Å². The second-order valence-electron chi connectivity index (χ2n) is 10.8. The molecule has 3 rings (SSSR count). The maximum atomic E-state index is 14.3. The number of anilines is 1. The Morgan fingerprint density at radius 3 is 2.07 bits per heavy atom. The third kappa shape index (κ3) is 7.76. The first kappa shape index (κ1) is 31.9. The summed E-state index contributed by atoms with van der Waals surface area (Å²) in [5, 5.41) is 3.01. The maximum absolute atomic E-state index is 14.3. The summed E-state index contributed by atoms with van der Waals surface area (Å²) in [7, 11) is -4.11. The average molecular weight is 578 g/mol. The number of carbonyl (C=O) groups excluding carboxylic acids is 2. The second-order valence-corrected chi connectivity index (χ2v) is 12.7. The minimum Gasteiger partial charge on any atom is -0.352 e. The SMILES string of the molecule is CC[C@@H](C)NC(=O)[C@@H](CC)N(Cc1ccccc1C)C(=O)CN(c1cc(C)ccc1C)S(=O)(=O)c1ccc(C)cc1. The summed E-state index contributed by atoms with van der Waals surface area (Å²) in [5.74, 6) is -0.695. The monoisotopic (exact) mass is 577 g/mol. The van der Waals surface area contributed by atoms with Gasteiger partial charge in [0.15, 0.2) is 0 Å². The number of sulfonamides is 1. The van der Waals surface area contributed by atoms with Crippen LogP contribution in [0.3, 0.4) is 0 Å². The van der Waals surface area contributed by atoms with E-state index in [-0.39, 0.29) is 23.4 Å². The number of nitrogens with one attached hydrogen (secondary N) is 1. The van der Waals surface area contributed by atoms with Gasteiger partial charge in [0.1, 0.15) is 12.6 Å². The molecule has 0 spiro atoms. The van der Waals surface area contributed by atoms with Gasteiger partial charge in [-0.3, -0.25) is 13.9 Å². The smallest absolute Gasteiger partial charge is 0.264 e. The van der Waals surface area contributed by atoms with Crippen molar-refractivity contribution in [3.8, 4) is 0 Å². The van der Waals surface area contributed by atoms with E-state index < -0.39 is 28.5 Å². The Bertz CT molecular complexity index is 1470. The fourth-order valence-electron chi connectivity index (χ4n) is 4.67. The summed E-state index contributed by atoms with van der Waals surface area (Å²) in [6, 6.07) is 19.1. The molecule has 0 fully saturated rings. The van der Waals surface area contributed by atoms with Crippen LogP contribution in [0.25, 0.3) is 0 Å². The summed E-state index contributed by atoms with van der Waals surface area (Å²) in [4.78, 5) is 29.3. The van der Waals surface area contributed by atoms with E-state index in [9.17, 15) is 18.0 Å². The van der Waals surface area contributed by atoms with Gasteiger partial charge in [-0.15, -0.1) is 0 Å². The topological polar surface area (TPSA) is 86.8 Å². The van der Waals surface area contributed by atoms with Crippen LogP contribution in [0.1, 0.15) is 61.4 Å². The Morgan fingerprint density at radius 1 is 0.829 bits per heavy atom. The van der Waals surface area contributed by atoms with Crippen LogP contribution < -0.4 is 9.62 Å². The number of rotatable bonds is 12. The fourth-order valence-corrected chi connectivity index (χ4v) is 6.14. The molecule has 2 amide bonds. The third-order valence-electron chi connectivity index (χ3n) is 7.51. The van der Waals surface area contributed by atoms with E-state index in [0.717, 1.165) is 34.2 Å². The van der Waals surface area contributed by atoms with Crippen LogP contribution in [-0.2, 0) is 26.2 Å². The van der Waals surface area contributed by atoms with E-state index in [1.54, 1.807) is 30.3 Å². The molecule has 2 atom stereocenters. The van der Waals surface area contributed by atoms with E-state index in [0.29, 0.717) is 12.1 Å². The maximum Gasteiger partial charge on any atom is 0.264 e. The molecule has 3 aromatic rings. The highest BCUT2D eigenvalue weighted by molar-refractivity contribution is 7.92. The van der Waals surface area contributed by atoms with Gasteiger partial charge in [-0.1, -0.05) is 67.9 Å². The zero-order valence-electron chi connectivity index (χ0n) is 25.3. The molecule has 0 aliphatic rings. The first-order valence-corrected chi connectivity index (χ1v) is 15.6. The third-order valence-corrected chi connectivity index (χ3v) is 9.28. The molecule has 220 valence electrons. The van der Waals surface area contributed by atoms with Crippen LogP contribution in [0.2, 0.25) is 0 Å². The highest BCUT2D eigenvalue weighted by Crippen LogP contribution is 2.29. The number of aryl methyl sites for hydroxylation is 4. The predicted molar refractivity (Wildman–Crippen MR) is 165 cm³/mol. The predicted octanol–water partition coefficient (Wildman–Crippen LogP) is 5.84. The standard InChI is InChI=1S/C33H43N3O4S/c1-8-27(7)34-33(38)30(9-2)35(21-28-13-11-10-12-25(28)5)32(37)22-36(31-20-24(4)14-17-26(31)6)41(39,40)29-18-15-23(3)16-19-29/h10-20,27,30H,8-9,21-22H2,1-7H3,(H,34,38)/t27-,30-/m1/s1. The molecule has 0 unspecified atom stereocenters. The highest BCUT2D eigenvalue weighted by atomic mass is 32.2. The fraction of sp³-hybridized carbons (Fsp3) is 0.394.